The number of nitrogens with one attached hydrogen (secondary N) is 2. The van der Waals surface area contributed by atoms with Crippen LogP contribution in [0.5, 0.6) is 0 Å². The lowest BCUT2D eigenvalue weighted by Crippen LogP contribution is -2.46. The summed E-state index contributed by atoms with van der Waals surface area (Å²) in [6, 6.07) is 0. The van der Waals surface area contributed by atoms with Gasteiger partial charge in [0.1, 0.15) is 6.61 Å². The molecule has 3 fully saturated rings. The lowest BCUT2D eigenvalue weighted by molar-refractivity contribution is -0.133. The third kappa shape index (κ3) is 6.93. The molecule has 1 amide bonds. The Morgan fingerprint density at radius 3 is 2.40 bits per heavy atom. The van der Waals surface area contributed by atoms with E-state index in [1.54, 1.807) is 7.11 Å². The van der Waals surface area contributed by atoms with Crippen LogP contribution in [0.3, 0.4) is 0 Å². The Labute approximate surface area is 184 Å². The first-order chi connectivity index (χ1) is 14.7. The van der Waals surface area contributed by atoms with Crippen molar-refractivity contribution in [3.05, 3.63) is 0 Å². The van der Waals surface area contributed by atoms with E-state index in [-0.39, 0.29) is 18.6 Å². The summed E-state index contributed by atoms with van der Waals surface area (Å²) in [4.78, 5) is 12.3. The van der Waals surface area contributed by atoms with Gasteiger partial charge in [-0.3, -0.25) is 4.79 Å². The first kappa shape index (κ1) is 24.0. The summed E-state index contributed by atoms with van der Waals surface area (Å²) in [7, 11) is 3.74. The summed E-state index contributed by atoms with van der Waals surface area (Å²) in [5.74, 6) is 3.76. The van der Waals surface area contributed by atoms with Gasteiger partial charge in [-0.2, -0.15) is 0 Å². The van der Waals surface area contributed by atoms with Gasteiger partial charge in [-0.05, 0) is 62.8 Å². The molecule has 3 unspecified atom stereocenters. The quantitative estimate of drug-likeness (QED) is 0.491. The Hall–Kier alpha value is -0.650. The maximum Gasteiger partial charge on any atom is 0.246 e. The van der Waals surface area contributed by atoms with Crippen molar-refractivity contribution in [3.63, 3.8) is 0 Å². The van der Waals surface area contributed by atoms with Gasteiger partial charge >= 0.3 is 0 Å². The molecule has 30 heavy (non-hydrogen) atoms. The topological polar surface area (TPSA) is 59.6 Å². The van der Waals surface area contributed by atoms with Crippen molar-refractivity contribution in [1.82, 2.24) is 10.6 Å². The zero-order valence-electron chi connectivity index (χ0n) is 19.5. The monoisotopic (exact) mass is 422 g/mol. The van der Waals surface area contributed by atoms with Crippen molar-refractivity contribution in [2.75, 3.05) is 40.5 Å². The van der Waals surface area contributed by atoms with E-state index in [1.165, 1.54) is 77.0 Å². The van der Waals surface area contributed by atoms with E-state index in [0.29, 0.717) is 25.0 Å². The van der Waals surface area contributed by atoms with Crippen molar-refractivity contribution in [2.45, 2.75) is 83.2 Å². The number of amides is 1. The molecular weight excluding hydrogens is 376 g/mol. The predicted molar refractivity (Wildman–Crippen MR) is 121 cm³/mol. The fourth-order valence-corrected chi connectivity index (χ4v) is 6.67. The first-order valence-corrected chi connectivity index (χ1v) is 12.7. The van der Waals surface area contributed by atoms with Gasteiger partial charge in [0.05, 0.1) is 12.7 Å². The molecule has 0 saturated heterocycles. The maximum atomic E-state index is 12.3. The largest absolute Gasteiger partial charge is 0.383 e. The average molecular weight is 423 g/mol. The average Bonchev–Trinajstić information content (AvgIpc) is 2.79. The number of carbonyl (C=O) groups is 1. The lowest BCUT2D eigenvalue weighted by Gasteiger charge is -2.45. The molecule has 5 heteroatoms. The second-order valence-corrected chi connectivity index (χ2v) is 10.1. The van der Waals surface area contributed by atoms with Gasteiger partial charge in [-0.15, -0.1) is 0 Å². The summed E-state index contributed by atoms with van der Waals surface area (Å²) >= 11 is 0. The molecule has 0 aliphatic heterocycles. The van der Waals surface area contributed by atoms with E-state index in [0.717, 1.165) is 24.3 Å². The molecule has 2 N–H and O–H groups in total. The lowest BCUT2D eigenvalue weighted by atomic mass is 9.63. The van der Waals surface area contributed by atoms with Crippen LogP contribution < -0.4 is 10.6 Å². The molecule has 3 saturated carbocycles. The van der Waals surface area contributed by atoms with Crippen molar-refractivity contribution >= 4 is 5.91 Å². The van der Waals surface area contributed by atoms with Crippen molar-refractivity contribution in [2.24, 2.45) is 29.6 Å². The molecule has 0 heterocycles. The normalized spacial score (nSPS) is 29.7. The van der Waals surface area contributed by atoms with Crippen LogP contribution in [0.2, 0.25) is 0 Å². The fraction of sp³-hybridized carbons (Fsp3) is 0.960. The molecule has 5 atom stereocenters. The van der Waals surface area contributed by atoms with E-state index in [9.17, 15) is 4.79 Å². The molecule has 0 bridgehead atoms. The number of rotatable bonds is 11. The number of carbonyl (C=O) groups excluding carboxylic acids is 1. The molecule has 0 aromatic heterocycles. The minimum atomic E-state index is -0.00736. The van der Waals surface area contributed by atoms with E-state index >= 15 is 0 Å². The third-order valence-corrected chi connectivity index (χ3v) is 8.20. The van der Waals surface area contributed by atoms with Crippen LogP contribution in [-0.4, -0.2) is 52.5 Å². The minimum Gasteiger partial charge on any atom is -0.383 e. The van der Waals surface area contributed by atoms with E-state index in [1.807, 2.05) is 0 Å². The third-order valence-electron chi connectivity index (χ3n) is 8.20. The zero-order valence-corrected chi connectivity index (χ0v) is 19.5. The predicted octanol–water partition coefficient (Wildman–Crippen LogP) is 4.16. The van der Waals surface area contributed by atoms with Crippen LogP contribution in [0.25, 0.3) is 0 Å². The Balaban J connectivity index is 1.65. The van der Waals surface area contributed by atoms with E-state index < -0.39 is 0 Å². The molecule has 0 radical (unpaired) electrons. The van der Waals surface area contributed by atoms with Crippen LogP contribution in [0.4, 0.5) is 0 Å². The number of fused-ring (bicyclic) bond motifs is 1. The van der Waals surface area contributed by atoms with E-state index in [2.05, 4.69) is 17.7 Å². The van der Waals surface area contributed by atoms with E-state index in [4.69, 9.17) is 9.47 Å². The van der Waals surface area contributed by atoms with Crippen LogP contribution in [-0.2, 0) is 14.3 Å². The molecule has 0 aromatic carbocycles. The van der Waals surface area contributed by atoms with Gasteiger partial charge in [-0.25, -0.2) is 0 Å². The molecule has 0 aromatic rings. The summed E-state index contributed by atoms with van der Waals surface area (Å²) < 4.78 is 11.5. The Morgan fingerprint density at radius 1 is 0.933 bits per heavy atom. The van der Waals surface area contributed by atoms with Crippen LogP contribution in [0.1, 0.15) is 77.0 Å². The maximum absolute atomic E-state index is 12.3. The van der Waals surface area contributed by atoms with Gasteiger partial charge in [-0.1, -0.05) is 44.9 Å². The van der Waals surface area contributed by atoms with Crippen LogP contribution in [0.15, 0.2) is 0 Å². The second kappa shape index (κ2) is 13.0. The highest BCUT2D eigenvalue weighted by atomic mass is 16.5. The SMILES string of the molecule is CNC[C@H](C1CCC2CCCCC2C1)[C@H](OCC(=O)NCCOC)C1CCCCC1. The molecule has 3 rings (SSSR count). The zero-order chi connectivity index (χ0) is 21.2. The second-order valence-electron chi connectivity index (χ2n) is 10.1. The van der Waals surface area contributed by atoms with Gasteiger partial charge in [0.2, 0.25) is 5.91 Å². The molecule has 174 valence electrons. The number of methoxy groups -OCH3 is 1. The number of ether oxygens (including phenoxy) is 2. The fourth-order valence-electron chi connectivity index (χ4n) is 6.67. The Morgan fingerprint density at radius 2 is 1.67 bits per heavy atom. The standard InChI is InChI=1S/C25H46N2O3/c1-26-17-23(22-13-12-19-8-6-7-11-21(19)16-22)25(20-9-4-3-5-10-20)30-18-24(28)27-14-15-29-2/h19-23,25-26H,3-18H2,1-2H3,(H,27,28)/t19?,21?,22?,23-,25-/m1/s1. The molecule has 5 nitrogen and oxygen atoms in total. The molecule has 3 aliphatic rings. The smallest absolute Gasteiger partial charge is 0.246 e. The van der Waals surface area contributed by atoms with Crippen molar-refractivity contribution in [1.29, 1.82) is 0 Å². The number of hydrogen-bond donors (Lipinski definition) is 2. The van der Waals surface area contributed by atoms with Gasteiger partial charge in [0, 0.05) is 26.1 Å². The highest BCUT2D eigenvalue weighted by molar-refractivity contribution is 5.77. The van der Waals surface area contributed by atoms with Gasteiger partial charge in [0.15, 0.2) is 0 Å². The molecule has 3 aliphatic carbocycles. The highest BCUT2D eigenvalue weighted by Crippen LogP contribution is 2.47. The molecular formula is C25H46N2O3. The summed E-state index contributed by atoms with van der Waals surface area (Å²) in [6.45, 7) is 2.29. The van der Waals surface area contributed by atoms with Gasteiger partial charge < -0.3 is 20.1 Å². The Bertz CT molecular complexity index is 495. The minimum absolute atomic E-state index is 0.00736. The van der Waals surface area contributed by atoms with Crippen LogP contribution >= 0.6 is 0 Å². The van der Waals surface area contributed by atoms with Crippen molar-refractivity contribution in [3.8, 4) is 0 Å². The summed E-state index contributed by atoms with van der Waals surface area (Å²) in [5.41, 5.74) is 0. The highest BCUT2D eigenvalue weighted by Gasteiger charge is 2.40. The Kier molecular flexibility index (Phi) is 10.4. The first-order valence-electron chi connectivity index (χ1n) is 12.7. The molecule has 0 spiro atoms. The number of hydrogen-bond acceptors (Lipinski definition) is 4. The summed E-state index contributed by atoms with van der Waals surface area (Å²) in [6.07, 6.45) is 16.6. The van der Waals surface area contributed by atoms with Crippen molar-refractivity contribution < 1.29 is 14.3 Å². The van der Waals surface area contributed by atoms with Crippen LogP contribution in [0, 0.1) is 29.6 Å². The van der Waals surface area contributed by atoms with Gasteiger partial charge in [0.25, 0.3) is 0 Å². The summed E-state index contributed by atoms with van der Waals surface area (Å²) in [5, 5.41) is 6.41.